The van der Waals surface area contributed by atoms with Crippen molar-refractivity contribution in [2.24, 2.45) is 0 Å². The van der Waals surface area contributed by atoms with E-state index in [1.54, 1.807) is 31.4 Å². The van der Waals surface area contributed by atoms with Gasteiger partial charge in [0.05, 0.1) is 24.3 Å². The first-order valence-electron chi connectivity index (χ1n) is 9.24. The number of pyridine rings is 1. The molecule has 6 nitrogen and oxygen atoms in total. The highest BCUT2D eigenvalue weighted by Crippen LogP contribution is 2.33. The van der Waals surface area contributed by atoms with Crippen molar-refractivity contribution < 1.29 is 19.0 Å². The first-order chi connectivity index (χ1) is 15.0. The van der Waals surface area contributed by atoms with Crippen LogP contribution in [0, 0.1) is 0 Å². The molecule has 3 rings (SSSR count). The molecule has 160 valence electrons. The van der Waals surface area contributed by atoms with E-state index < -0.39 is 6.09 Å². The number of rotatable bonds is 7. The summed E-state index contributed by atoms with van der Waals surface area (Å²) in [4.78, 5) is 16.5. The number of alkyl carbamates (subject to hydrolysis) is 1. The van der Waals surface area contributed by atoms with Crippen molar-refractivity contribution in [3.63, 3.8) is 0 Å². The number of nitrogens with zero attached hydrogens (tertiary/aromatic N) is 1. The van der Waals surface area contributed by atoms with Crippen LogP contribution in [0.15, 0.2) is 60.9 Å². The van der Waals surface area contributed by atoms with Crippen molar-refractivity contribution in [1.82, 2.24) is 10.3 Å². The van der Waals surface area contributed by atoms with Crippen molar-refractivity contribution in [2.75, 3.05) is 14.2 Å². The van der Waals surface area contributed by atoms with Gasteiger partial charge in [-0.05, 0) is 29.8 Å². The standard InChI is InChI=1S/C23H20Cl2N2O4/c1-29-20-9-8-16(10-22(20)30-2)21(11-17-18(24)13-26-14-19(17)25)31-23(28)27-12-15-6-4-3-5-7-15/h3-11,13-14H,12H2,1-2H3,(H,27,28)/b21-11+. The number of ether oxygens (including phenoxy) is 3. The number of hydrogen-bond donors (Lipinski definition) is 1. The summed E-state index contributed by atoms with van der Waals surface area (Å²) in [6, 6.07) is 14.6. The monoisotopic (exact) mass is 458 g/mol. The Balaban J connectivity index is 1.93. The maximum Gasteiger partial charge on any atom is 0.412 e. The molecule has 3 aromatic rings. The molecule has 0 fully saturated rings. The zero-order chi connectivity index (χ0) is 22.2. The number of carbonyl (C=O) groups is 1. The maximum atomic E-state index is 12.5. The summed E-state index contributed by atoms with van der Waals surface area (Å²) in [5, 5.41) is 3.37. The number of halogens is 2. The first-order valence-corrected chi connectivity index (χ1v) is 10.00. The Labute approximate surface area is 190 Å². The van der Waals surface area contributed by atoms with Crippen molar-refractivity contribution >= 4 is 41.1 Å². The smallest absolute Gasteiger partial charge is 0.412 e. The van der Waals surface area contributed by atoms with E-state index in [-0.39, 0.29) is 5.76 Å². The van der Waals surface area contributed by atoms with Crippen LogP contribution in [0.5, 0.6) is 11.5 Å². The first kappa shape index (κ1) is 22.5. The fourth-order valence-electron chi connectivity index (χ4n) is 2.76. The third kappa shape index (κ3) is 5.90. The number of amides is 1. The van der Waals surface area contributed by atoms with Gasteiger partial charge in [0.15, 0.2) is 11.5 Å². The number of methoxy groups -OCH3 is 2. The highest BCUT2D eigenvalue weighted by atomic mass is 35.5. The van der Waals surface area contributed by atoms with E-state index in [4.69, 9.17) is 37.4 Å². The molecule has 8 heteroatoms. The lowest BCUT2D eigenvalue weighted by Gasteiger charge is -2.14. The summed E-state index contributed by atoms with van der Waals surface area (Å²) in [6.45, 7) is 0.315. The van der Waals surface area contributed by atoms with E-state index in [1.807, 2.05) is 30.3 Å². The zero-order valence-electron chi connectivity index (χ0n) is 16.9. The largest absolute Gasteiger partial charge is 0.493 e. The van der Waals surface area contributed by atoms with Gasteiger partial charge >= 0.3 is 6.09 Å². The van der Waals surface area contributed by atoms with Gasteiger partial charge < -0.3 is 19.5 Å². The Morgan fingerprint density at radius 2 is 1.68 bits per heavy atom. The summed E-state index contributed by atoms with van der Waals surface area (Å²) in [5.74, 6) is 1.24. The van der Waals surface area contributed by atoms with E-state index in [2.05, 4.69) is 10.3 Å². The second-order valence-electron chi connectivity index (χ2n) is 6.32. The molecule has 0 aliphatic carbocycles. The maximum absolute atomic E-state index is 12.5. The predicted molar refractivity (Wildman–Crippen MR) is 121 cm³/mol. The third-order valence-electron chi connectivity index (χ3n) is 4.32. The fraction of sp³-hybridized carbons (Fsp3) is 0.130. The van der Waals surface area contributed by atoms with Crippen LogP contribution in [0.25, 0.3) is 11.8 Å². The van der Waals surface area contributed by atoms with E-state index >= 15 is 0 Å². The molecule has 0 unspecified atom stereocenters. The average Bonchev–Trinajstić information content (AvgIpc) is 2.79. The Bertz CT molecular complexity index is 1070. The van der Waals surface area contributed by atoms with Crippen LogP contribution in [-0.4, -0.2) is 25.3 Å². The molecule has 31 heavy (non-hydrogen) atoms. The molecule has 0 aliphatic rings. The molecule has 2 aromatic carbocycles. The predicted octanol–water partition coefficient (Wildman–Crippen LogP) is 5.83. The Morgan fingerprint density at radius 1 is 1.00 bits per heavy atom. The van der Waals surface area contributed by atoms with Gasteiger partial charge in [0.25, 0.3) is 0 Å². The number of hydrogen-bond acceptors (Lipinski definition) is 5. The quantitative estimate of drug-likeness (QED) is 0.451. The van der Waals surface area contributed by atoms with Gasteiger partial charge in [-0.1, -0.05) is 53.5 Å². The molecular formula is C23H20Cl2N2O4. The lowest BCUT2D eigenvalue weighted by atomic mass is 10.1. The molecular weight excluding hydrogens is 439 g/mol. The molecule has 1 N–H and O–H groups in total. The molecule has 1 heterocycles. The molecule has 1 amide bonds. The van der Waals surface area contributed by atoms with Gasteiger partial charge in [-0.2, -0.15) is 0 Å². The van der Waals surface area contributed by atoms with Gasteiger partial charge in [0.2, 0.25) is 0 Å². The van der Waals surface area contributed by atoms with Gasteiger partial charge in [-0.25, -0.2) is 4.79 Å². The van der Waals surface area contributed by atoms with Crippen LogP contribution in [0.1, 0.15) is 16.7 Å². The summed E-state index contributed by atoms with van der Waals surface area (Å²) >= 11 is 12.5. The Kier molecular flexibility index (Phi) is 7.76. The molecule has 1 aromatic heterocycles. The molecule has 0 spiro atoms. The highest BCUT2D eigenvalue weighted by molar-refractivity contribution is 6.37. The molecule has 0 saturated carbocycles. The number of benzene rings is 2. The molecule has 0 atom stereocenters. The van der Waals surface area contributed by atoms with E-state index in [1.165, 1.54) is 19.5 Å². The SMILES string of the molecule is COc1ccc(/C(=C\c2c(Cl)cncc2Cl)OC(=O)NCc2ccccc2)cc1OC. The zero-order valence-corrected chi connectivity index (χ0v) is 18.4. The minimum atomic E-state index is -0.633. The van der Waals surface area contributed by atoms with Crippen LogP contribution in [-0.2, 0) is 11.3 Å². The Hall–Kier alpha value is -3.22. The fourth-order valence-corrected chi connectivity index (χ4v) is 3.23. The molecule has 0 saturated heterocycles. The van der Waals surface area contributed by atoms with Gasteiger partial charge in [0, 0.05) is 30.1 Å². The lowest BCUT2D eigenvalue weighted by molar-refractivity contribution is 0.191. The summed E-state index contributed by atoms with van der Waals surface area (Å²) in [5.41, 5.74) is 1.98. The minimum absolute atomic E-state index is 0.224. The van der Waals surface area contributed by atoms with Gasteiger partial charge in [0.1, 0.15) is 5.76 Å². The van der Waals surface area contributed by atoms with Crippen LogP contribution < -0.4 is 14.8 Å². The van der Waals surface area contributed by atoms with E-state index in [0.29, 0.717) is 39.2 Å². The van der Waals surface area contributed by atoms with E-state index in [9.17, 15) is 4.79 Å². The highest BCUT2D eigenvalue weighted by Gasteiger charge is 2.15. The van der Waals surface area contributed by atoms with Crippen molar-refractivity contribution in [2.45, 2.75) is 6.54 Å². The molecule has 0 bridgehead atoms. The van der Waals surface area contributed by atoms with Crippen LogP contribution in [0.3, 0.4) is 0 Å². The summed E-state index contributed by atoms with van der Waals surface area (Å²) in [7, 11) is 3.06. The molecule has 0 radical (unpaired) electrons. The van der Waals surface area contributed by atoms with Gasteiger partial charge in [-0.3, -0.25) is 4.98 Å². The summed E-state index contributed by atoms with van der Waals surface area (Å²) < 4.78 is 16.3. The van der Waals surface area contributed by atoms with Crippen molar-refractivity contribution in [3.05, 3.63) is 87.7 Å². The van der Waals surface area contributed by atoms with Crippen LogP contribution in [0.2, 0.25) is 10.0 Å². The topological polar surface area (TPSA) is 69.7 Å². The number of aromatic nitrogens is 1. The van der Waals surface area contributed by atoms with E-state index in [0.717, 1.165) is 5.56 Å². The number of nitrogens with one attached hydrogen (secondary N) is 1. The second-order valence-corrected chi connectivity index (χ2v) is 7.14. The third-order valence-corrected chi connectivity index (χ3v) is 4.92. The van der Waals surface area contributed by atoms with Gasteiger partial charge in [-0.15, -0.1) is 0 Å². The summed E-state index contributed by atoms with van der Waals surface area (Å²) in [6.07, 6.45) is 3.86. The minimum Gasteiger partial charge on any atom is -0.493 e. The van der Waals surface area contributed by atoms with Crippen LogP contribution >= 0.6 is 23.2 Å². The normalized spacial score (nSPS) is 11.0. The molecule has 0 aliphatic heterocycles. The van der Waals surface area contributed by atoms with Crippen LogP contribution in [0.4, 0.5) is 4.79 Å². The average molecular weight is 459 g/mol. The number of carbonyl (C=O) groups excluding carboxylic acids is 1. The lowest BCUT2D eigenvalue weighted by Crippen LogP contribution is -2.23. The van der Waals surface area contributed by atoms with Crippen molar-refractivity contribution in [3.8, 4) is 11.5 Å². The Morgan fingerprint density at radius 3 is 2.32 bits per heavy atom. The second kappa shape index (κ2) is 10.7. The van der Waals surface area contributed by atoms with Crippen molar-refractivity contribution in [1.29, 1.82) is 0 Å².